The number of nitrogens with one attached hydrogen (secondary N) is 1. The first-order valence-corrected chi connectivity index (χ1v) is 3.73. The molecular formula is C5H5NO2S2. The number of ether oxygens (including phenoxy) is 1. The van der Waals surface area contributed by atoms with E-state index in [1.807, 2.05) is 0 Å². The highest BCUT2D eigenvalue weighted by atomic mass is 32.1. The molecule has 0 radical (unpaired) electrons. The van der Waals surface area contributed by atoms with Crippen molar-refractivity contribution in [2.45, 2.75) is 0 Å². The Morgan fingerprint density at radius 1 is 1.90 bits per heavy atom. The zero-order chi connectivity index (χ0) is 7.56. The summed E-state index contributed by atoms with van der Waals surface area (Å²) in [5, 5.41) is 0. The molecule has 0 bridgehead atoms. The number of aromatic amines is 1. The average molecular weight is 175 g/mol. The number of methoxy groups -OCH3 is 1. The van der Waals surface area contributed by atoms with E-state index in [0.29, 0.717) is 8.83 Å². The molecule has 0 saturated carbocycles. The van der Waals surface area contributed by atoms with E-state index in [1.165, 1.54) is 18.4 Å². The van der Waals surface area contributed by atoms with Gasteiger partial charge in [0.2, 0.25) is 0 Å². The molecule has 1 aromatic rings. The van der Waals surface area contributed by atoms with Crippen LogP contribution in [0, 0.1) is 3.95 Å². The molecule has 0 unspecified atom stereocenters. The van der Waals surface area contributed by atoms with Crippen LogP contribution in [-0.4, -0.2) is 18.1 Å². The molecule has 54 valence electrons. The van der Waals surface area contributed by atoms with E-state index in [-0.39, 0.29) is 5.97 Å². The molecule has 1 rings (SSSR count). The second-order valence-electron chi connectivity index (χ2n) is 1.53. The lowest BCUT2D eigenvalue weighted by molar-refractivity contribution is 0.0606. The van der Waals surface area contributed by atoms with Crippen LogP contribution in [0.25, 0.3) is 0 Å². The summed E-state index contributed by atoms with van der Waals surface area (Å²) in [6.07, 6.45) is 1.54. The highest BCUT2D eigenvalue weighted by Gasteiger charge is 2.05. The topological polar surface area (TPSA) is 42.1 Å². The average Bonchev–Trinajstić information content (AvgIpc) is 2.34. The number of carbonyl (C=O) groups excluding carboxylic acids is 1. The van der Waals surface area contributed by atoms with Crippen LogP contribution in [0.4, 0.5) is 0 Å². The summed E-state index contributed by atoms with van der Waals surface area (Å²) in [6, 6.07) is 0. The van der Waals surface area contributed by atoms with Crippen LogP contribution in [0.2, 0.25) is 0 Å². The van der Waals surface area contributed by atoms with Crippen molar-refractivity contribution >= 4 is 29.5 Å². The SMILES string of the molecule is COC(=O)c1c[nH]c(=S)s1. The summed E-state index contributed by atoms with van der Waals surface area (Å²) >= 11 is 5.96. The molecule has 10 heavy (non-hydrogen) atoms. The fraction of sp³-hybridized carbons (Fsp3) is 0.200. The molecule has 0 atom stereocenters. The van der Waals surface area contributed by atoms with Crippen LogP contribution in [0.1, 0.15) is 9.67 Å². The van der Waals surface area contributed by atoms with Crippen LogP contribution >= 0.6 is 23.6 Å². The quantitative estimate of drug-likeness (QED) is 0.520. The van der Waals surface area contributed by atoms with Crippen molar-refractivity contribution < 1.29 is 9.53 Å². The molecule has 0 aliphatic rings. The standard InChI is InChI=1S/C5H5NO2S2/c1-8-4(7)3-2-6-5(9)10-3/h2H,1H3,(H,6,9). The Kier molecular flexibility index (Phi) is 2.18. The smallest absolute Gasteiger partial charge is 0.349 e. The number of rotatable bonds is 1. The summed E-state index contributed by atoms with van der Waals surface area (Å²) in [4.78, 5) is 14.0. The van der Waals surface area contributed by atoms with Crippen LogP contribution < -0.4 is 0 Å². The van der Waals surface area contributed by atoms with Gasteiger partial charge in [-0.15, -0.1) is 0 Å². The number of hydrogen-bond donors (Lipinski definition) is 1. The minimum atomic E-state index is -0.350. The molecule has 3 nitrogen and oxygen atoms in total. The predicted octanol–water partition coefficient (Wildman–Crippen LogP) is 1.59. The van der Waals surface area contributed by atoms with E-state index < -0.39 is 0 Å². The third kappa shape index (κ3) is 1.43. The molecule has 1 aromatic heterocycles. The molecule has 0 fully saturated rings. The van der Waals surface area contributed by atoms with Gasteiger partial charge in [-0.25, -0.2) is 4.79 Å². The van der Waals surface area contributed by atoms with Crippen molar-refractivity contribution in [3.05, 3.63) is 15.0 Å². The van der Waals surface area contributed by atoms with Gasteiger partial charge < -0.3 is 9.72 Å². The molecular weight excluding hydrogens is 170 g/mol. The lowest BCUT2D eigenvalue weighted by Gasteiger charge is -1.89. The van der Waals surface area contributed by atoms with E-state index in [9.17, 15) is 4.79 Å². The number of esters is 1. The van der Waals surface area contributed by atoms with Gasteiger partial charge in [-0.1, -0.05) is 11.3 Å². The van der Waals surface area contributed by atoms with Gasteiger partial charge in [0.05, 0.1) is 7.11 Å². The van der Waals surface area contributed by atoms with Crippen LogP contribution in [0.15, 0.2) is 6.20 Å². The zero-order valence-electron chi connectivity index (χ0n) is 5.21. The Morgan fingerprint density at radius 2 is 2.60 bits per heavy atom. The molecule has 1 heterocycles. The number of carbonyl (C=O) groups is 1. The molecule has 0 aliphatic heterocycles. The van der Waals surface area contributed by atoms with Crippen molar-refractivity contribution in [3.63, 3.8) is 0 Å². The van der Waals surface area contributed by atoms with Gasteiger partial charge in [0.25, 0.3) is 0 Å². The van der Waals surface area contributed by atoms with Gasteiger partial charge >= 0.3 is 5.97 Å². The second kappa shape index (κ2) is 2.94. The fourth-order valence-corrected chi connectivity index (χ4v) is 1.41. The van der Waals surface area contributed by atoms with Crippen LogP contribution in [0.3, 0.4) is 0 Å². The largest absolute Gasteiger partial charge is 0.465 e. The Labute approximate surface area is 66.7 Å². The van der Waals surface area contributed by atoms with Crippen LogP contribution in [0.5, 0.6) is 0 Å². The number of aromatic nitrogens is 1. The Hall–Kier alpha value is -0.680. The lowest BCUT2D eigenvalue weighted by atomic mass is 10.6. The number of H-pyrrole nitrogens is 1. The third-order valence-electron chi connectivity index (χ3n) is 0.910. The maximum atomic E-state index is 10.7. The molecule has 5 heteroatoms. The Balaban J connectivity index is 2.95. The number of hydrogen-bond acceptors (Lipinski definition) is 4. The predicted molar refractivity (Wildman–Crippen MR) is 40.8 cm³/mol. The Morgan fingerprint density at radius 3 is 3.00 bits per heavy atom. The second-order valence-corrected chi connectivity index (χ2v) is 3.25. The van der Waals surface area contributed by atoms with Gasteiger partial charge in [-0.2, -0.15) is 0 Å². The van der Waals surface area contributed by atoms with E-state index in [4.69, 9.17) is 12.2 Å². The molecule has 0 aliphatic carbocycles. The zero-order valence-corrected chi connectivity index (χ0v) is 6.84. The van der Waals surface area contributed by atoms with Gasteiger partial charge in [0, 0.05) is 6.20 Å². The monoisotopic (exact) mass is 175 g/mol. The van der Waals surface area contributed by atoms with E-state index in [1.54, 1.807) is 6.20 Å². The first-order valence-electron chi connectivity index (χ1n) is 2.51. The summed E-state index contributed by atoms with van der Waals surface area (Å²) in [7, 11) is 1.34. The lowest BCUT2D eigenvalue weighted by Crippen LogP contribution is -1.96. The van der Waals surface area contributed by atoms with Crippen molar-refractivity contribution in [1.29, 1.82) is 0 Å². The summed E-state index contributed by atoms with van der Waals surface area (Å²) in [5.41, 5.74) is 0. The van der Waals surface area contributed by atoms with E-state index >= 15 is 0 Å². The van der Waals surface area contributed by atoms with Gasteiger partial charge in [-0.05, 0) is 12.2 Å². The summed E-state index contributed by atoms with van der Waals surface area (Å²) in [5.74, 6) is -0.350. The highest BCUT2D eigenvalue weighted by molar-refractivity contribution is 7.73. The minimum absolute atomic E-state index is 0.350. The van der Waals surface area contributed by atoms with Crippen molar-refractivity contribution in [1.82, 2.24) is 4.98 Å². The van der Waals surface area contributed by atoms with Gasteiger partial charge in [0.1, 0.15) is 4.88 Å². The van der Waals surface area contributed by atoms with Crippen molar-refractivity contribution in [2.24, 2.45) is 0 Å². The summed E-state index contributed by atoms with van der Waals surface area (Å²) in [6.45, 7) is 0. The number of thiazole rings is 1. The van der Waals surface area contributed by atoms with Gasteiger partial charge in [-0.3, -0.25) is 0 Å². The fourth-order valence-electron chi connectivity index (χ4n) is 0.484. The van der Waals surface area contributed by atoms with E-state index in [0.717, 1.165) is 0 Å². The highest BCUT2D eigenvalue weighted by Crippen LogP contribution is 2.08. The first-order chi connectivity index (χ1) is 4.74. The van der Waals surface area contributed by atoms with Crippen LogP contribution in [-0.2, 0) is 4.74 Å². The van der Waals surface area contributed by atoms with Gasteiger partial charge in [0.15, 0.2) is 3.95 Å². The summed E-state index contributed by atoms with van der Waals surface area (Å²) < 4.78 is 5.04. The first kappa shape index (κ1) is 7.43. The molecule has 0 saturated heterocycles. The third-order valence-corrected chi connectivity index (χ3v) is 2.09. The maximum Gasteiger partial charge on any atom is 0.349 e. The van der Waals surface area contributed by atoms with Crippen molar-refractivity contribution in [3.8, 4) is 0 Å². The maximum absolute atomic E-state index is 10.7. The normalized spacial score (nSPS) is 9.30. The molecule has 0 spiro atoms. The van der Waals surface area contributed by atoms with E-state index in [2.05, 4.69) is 9.72 Å². The Bertz CT molecular complexity index is 288. The molecule has 0 aromatic carbocycles. The molecule has 0 amide bonds. The minimum Gasteiger partial charge on any atom is -0.465 e. The molecule has 1 N–H and O–H groups in total. The van der Waals surface area contributed by atoms with Crippen molar-refractivity contribution in [2.75, 3.05) is 7.11 Å².